The molecule has 0 aliphatic carbocycles. The monoisotopic (exact) mass is 256 g/mol. The lowest BCUT2D eigenvalue weighted by Gasteiger charge is -2.19. The molecule has 0 spiro atoms. The third-order valence-corrected chi connectivity index (χ3v) is 4.73. The van der Waals surface area contributed by atoms with Gasteiger partial charge in [-0.05, 0) is 11.8 Å². The van der Waals surface area contributed by atoms with Gasteiger partial charge >= 0.3 is 0 Å². The van der Waals surface area contributed by atoms with E-state index >= 15 is 0 Å². The molecule has 2 heterocycles. The van der Waals surface area contributed by atoms with E-state index in [1.807, 2.05) is 0 Å². The second kappa shape index (κ2) is 3.92. The van der Waals surface area contributed by atoms with Gasteiger partial charge in [-0.2, -0.15) is 4.31 Å². The summed E-state index contributed by atoms with van der Waals surface area (Å²) in [6, 6.07) is 0. The normalized spacial score (nSPS) is 20.6. The molecule has 0 saturated carbocycles. The van der Waals surface area contributed by atoms with Crippen molar-refractivity contribution < 1.29 is 8.42 Å². The molecule has 1 aliphatic rings. The maximum Gasteiger partial charge on any atom is 0.246 e. The maximum absolute atomic E-state index is 12.2. The molecule has 0 amide bonds. The number of sulfonamides is 1. The zero-order valence-electron chi connectivity index (χ0n) is 9.92. The molecule has 1 aromatic heterocycles. The average Bonchev–Trinajstić information content (AvgIpc) is 2.60. The van der Waals surface area contributed by atoms with E-state index in [0.717, 1.165) is 6.42 Å². The van der Waals surface area contributed by atoms with Gasteiger partial charge in [0.25, 0.3) is 0 Å². The highest BCUT2D eigenvalue weighted by atomic mass is 32.2. The Labute approximate surface area is 101 Å². The standard InChI is InChI=1S/C10H16N4O2S/c1-10(2)3-4-14(7-10)17(15,16)8-5-12-9(11)13-6-8/h5-6H,3-4,7H2,1-2H3,(H2,11,12,13). The Balaban J connectivity index is 2.29. The van der Waals surface area contributed by atoms with Crippen LogP contribution in [-0.4, -0.2) is 35.8 Å². The van der Waals surface area contributed by atoms with E-state index in [4.69, 9.17) is 5.73 Å². The Morgan fingerprint density at radius 3 is 2.41 bits per heavy atom. The largest absolute Gasteiger partial charge is 0.368 e. The topological polar surface area (TPSA) is 89.2 Å². The summed E-state index contributed by atoms with van der Waals surface area (Å²) < 4.78 is 26.0. The van der Waals surface area contributed by atoms with Gasteiger partial charge < -0.3 is 5.73 Å². The van der Waals surface area contributed by atoms with Gasteiger partial charge in [-0.25, -0.2) is 18.4 Å². The quantitative estimate of drug-likeness (QED) is 0.831. The summed E-state index contributed by atoms with van der Waals surface area (Å²) in [4.78, 5) is 7.53. The van der Waals surface area contributed by atoms with Crippen molar-refractivity contribution in [2.24, 2.45) is 5.41 Å². The smallest absolute Gasteiger partial charge is 0.246 e. The van der Waals surface area contributed by atoms with Gasteiger partial charge in [-0.1, -0.05) is 13.8 Å². The summed E-state index contributed by atoms with van der Waals surface area (Å²) in [5, 5.41) is 0. The number of aromatic nitrogens is 2. The molecule has 1 fully saturated rings. The Kier molecular flexibility index (Phi) is 2.82. The van der Waals surface area contributed by atoms with Crippen molar-refractivity contribution in [2.45, 2.75) is 25.2 Å². The van der Waals surface area contributed by atoms with Gasteiger partial charge in [0.1, 0.15) is 4.90 Å². The first-order chi connectivity index (χ1) is 7.81. The number of hydrogen-bond acceptors (Lipinski definition) is 5. The van der Waals surface area contributed by atoms with Crippen molar-refractivity contribution in [3.63, 3.8) is 0 Å². The lowest BCUT2D eigenvalue weighted by atomic mass is 9.93. The molecular weight excluding hydrogens is 240 g/mol. The van der Waals surface area contributed by atoms with Gasteiger partial charge in [-0.3, -0.25) is 0 Å². The van der Waals surface area contributed by atoms with E-state index in [9.17, 15) is 8.42 Å². The Bertz CT molecular complexity index is 510. The van der Waals surface area contributed by atoms with Crippen molar-refractivity contribution in [2.75, 3.05) is 18.8 Å². The third-order valence-electron chi connectivity index (χ3n) is 2.93. The summed E-state index contributed by atoms with van der Waals surface area (Å²) in [5.41, 5.74) is 5.37. The van der Waals surface area contributed by atoms with E-state index in [0.29, 0.717) is 13.1 Å². The van der Waals surface area contributed by atoms with Crippen LogP contribution in [0.5, 0.6) is 0 Å². The molecular formula is C10H16N4O2S. The maximum atomic E-state index is 12.2. The second-order valence-corrected chi connectivity index (χ2v) is 6.97. The van der Waals surface area contributed by atoms with Gasteiger partial charge in [0.05, 0.1) is 12.4 Å². The Morgan fingerprint density at radius 1 is 1.35 bits per heavy atom. The molecule has 94 valence electrons. The van der Waals surface area contributed by atoms with Crippen molar-refractivity contribution in [1.29, 1.82) is 0 Å². The highest BCUT2D eigenvalue weighted by Crippen LogP contribution is 2.32. The molecule has 2 rings (SSSR count). The van der Waals surface area contributed by atoms with Crippen LogP contribution in [0.4, 0.5) is 5.95 Å². The molecule has 0 bridgehead atoms. The van der Waals surface area contributed by atoms with E-state index in [-0.39, 0.29) is 16.3 Å². The average molecular weight is 256 g/mol. The minimum absolute atomic E-state index is 0.0295. The fraction of sp³-hybridized carbons (Fsp3) is 0.600. The molecule has 2 N–H and O–H groups in total. The predicted octanol–water partition coefficient (Wildman–Crippen LogP) is 0.479. The fourth-order valence-electron chi connectivity index (χ4n) is 1.88. The second-order valence-electron chi connectivity index (χ2n) is 5.03. The Hall–Kier alpha value is -1.21. The molecule has 0 atom stereocenters. The predicted molar refractivity (Wildman–Crippen MR) is 63.6 cm³/mol. The number of nitrogens with two attached hydrogens (primary N) is 1. The van der Waals surface area contributed by atoms with Crippen molar-refractivity contribution >= 4 is 16.0 Å². The molecule has 1 saturated heterocycles. The van der Waals surface area contributed by atoms with E-state index in [2.05, 4.69) is 23.8 Å². The summed E-state index contributed by atoms with van der Waals surface area (Å²) in [5.74, 6) is 0.0747. The zero-order valence-corrected chi connectivity index (χ0v) is 10.7. The first kappa shape index (κ1) is 12.3. The van der Waals surface area contributed by atoms with Crippen molar-refractivity contribution in [3.05, 3.63) is 12.4 Å². The molecule has 0 aromatic carbocycles. The van der Waals surface area contributed by atoms with Crippen LogP contribution < -0.4 is 5.73 Å². The minimum Gasteiger partial charge on any atom is -0.368 e. The number of nitrogens with zero attached hydrogens (tertiary/aromatic N) is 3. The van der Waals surface area contributed by atoms with Crippen LogP contribution in [0.1, 0.15) is 20.3 Å². The van der Waals surface area contributed by atoms with Gasteiger partial charge in [0.15, 0.2) is 0 Å². The lowest BCUT2D eigenvalue weighted by Crippen LogP contribution is -2.30. The van der Waals surface area contributed by atoms with Crippen LogP contribution >= 0.6 is 0 Å². The van der Waals surface area contributed by atoms with E-state index in [1.54, 1.807) is 0 Å². The Morgan fingerprint density at radius 2 is 1.94 bits per heavy atom. The summed E-state index contributed by atoms with van der Waals surface area (Å²) in [6.45, 7) is 5.18. The first-order valence-corrected chi connectivity index (χ1v) is 6.83. The van der Waals surface area contributed by atoms with Crippen molar-refractivity contribution in [3.8, 4) is 0 Å². The van der Waals surface area contributed by atoms with E-state index < -0.39 is 10.0 Å². The molecule has 6 nitrogen and oxygen atoms in total. The molecule has 1 aliphatic heterocycles. The number of anilines is 1. The van der Waals surface area contributed by atoms with Crippen LogP contribution in [0.15, 0.2) is 17.3 Å². The van der Waals surface area contributed by atoms with Crippen LogP contribution in [0.2, 0.25) is 0 Å². The van der Waals surface area contributed by atoms with Gasteiger partial charge in [-0.15, -0.1) is 0 Å². The lowest BCUT2D eigenvalue weighted by molar-refractivity contribution is 0.375. The molecule has 7 heteroatoms. The summed E-state index contributed by atoms with van der Waals surface area (Å²) in [6.07, 6.45) is 3.37. The van der Waals surface area contributed by atoms with E-state index in [1.165, 1.54) is 16.7 Å². The van der Waals surface area contributed by atoms with Crippen LogP contribution in [0, 0.1) is 5.41 Å². The van der Waals surface area contributed by atoms with Gasteiger partial charge in [0, 0.05) is 13.1 Å². The molecule has 0 radical (unpaired) electrons. The number of nitrogen functional groups attached to an aromatic ring is 1. The summed E-state index contributed by atoms with van der Waals surface area (Å²) >= 11 is 0. The fourth-order valence-corrected chi connectivity index (χ4v) is 3.40. The van der Waals surface area contributed by atoms with Crippen LogP contribution in [0.25, 0.3) is 0 Å². The number of hydrogen-bond donors (Lipinski definition) is 1. The van der Waals surface area contributed by atoms with Crippen molar-refractivity contribution in [1.82, 2.24) is 14.3 Å². The zero-order chi connectivity index (χ0) is 12.7. The van der Waals surface area contributed by atoms with Crippen LogP contribution in [0.3, 0.4) is 0 Å². The highest BCUT2D eigenvalue weighted by Gasteiger charge is 2.37. The first-order valence-electron chi connectivity index (χ1n) is 5.39. The SMILES string of the molecule is CC1(C)CCN(S(=O)(=O)c2cnc(N)nc2)C1. The highest BCUT2D eigenvalue weighted by molar-refractivity contribution is 7.89. The molecule has 0 unspecified atom stereocenters. The van der Waals surface area contributed by atoms with Gasteiger partial charge in [0.2, 0.25) is 16.0 Å². The minimum atomic E-state index is -3.47. The number of rotatable bonds is 2. The summed E-state index contributed by atoms with van der Waals surface area (Å²) in [7, 11) is -3.47. The molecule has 17 heavy (non-hydrogen) atoms. The van der Waals surface area contributed by atoms with Crippen LogP contribution in [-0.2, 0) is 10.0 Å². The molecule has 1 aromatic rings. The third kappa shape index (κ3) is 2.39.